The first-order valence-electron chi connectivity index (χ1n) is 9.00. The first-order valence-corrected chi connectivity index (χ1v) is 9.00. The Kier molecular flexibility index (Phi) is 6.69. The lowest BCUT2D eigenvalue weighted by atomic mass is 10.0. The van der Waals surface area contributed by atoms with Gasteiger partial charge in [-0.2, -0.15) is 0 Å². The number of carbonyl (C=O) groups is 3. The fourth-order valence-electron chi connectivity index (χ4n) is 2.97. The number of rotatable bonds is 6. The van der Waals surface area contributed by atoms with E-state index in [1.54, 1.807) is 6.07 Å². The number of benzene rings is 2. The van der Waals surface area contributed by atoms with Crippen LogP contribution in [-0.4, -0.2) is 29.9 Å². The molecular weight excluding hydrogens is 344 g/mol. The van der Waals surface area contributed by atoms with E-state index in [1.165, 1.54) is 18.7 Å². The molecule has 2 atom stereocenters. The number of nitrogens with zero attached hydrogens (tertiary/aromatic N) is 1. The highest BCUT2D eigenvalue weighted by atomic mass is 16.6. The second kappa shape index (κ2) is 8.77. The molecule has 6 nitrogen and oxygen atoms in total. The first-order chi connectivity index (χ1) is 12.7. The van der Waals surface area contributed by atoms with Gasteiger partial charge in [0.05, 0.1) is 0 Å². The molecule has 2 aromatic rings. The van der Waals surface area contributed by atoms with E-state index in [9.17, 15) is 14.4 Å². The van der Waals surface area contributed by atoms with Crippen molar-refractivity contribution in [2.45, 2.75) is 46.2 Å². The Morgan fingerprint density at radius 1 is 1.00 bits per heavy atom. The highest BCUT2D eigenvalue weighted by Crippen LogP contribution is 2.24. The number of ether oxygens (including phenoxy) is 1. The van der Waals surface area contributed by atoms with Gasteiger partial charge in [-0.05, 0) is 42.2 Å². The van der Waals surface area contributed by atoms with Gasteiger partial charge in [0.1, 0.15) is 12.1 Å². The molecule has 0 saturated heterocycles. The molecule has 6 heteroatoms. The van der Waals surface area contributed by atoms with Crippen molar-refractivity contribution in [2.24, 2.45) is 11.7 Å². The van der Waals surface area contributed by atoms with E-state index >= 15 is 0 Å². The van der Waals surface area contributed by atoms with Crippen molar-refractivity contribution >= 4 is 34.3 Å². The number of hydrogen-bond donors (Lipinski definition) is 1. The number of fused-ring (bicyclic) bond motifs is 1. The van der Waals surface area contributed by atoms with E-state index < -0.39 is 24.0 Å². The molecule has 0 aromatic heterocycles. The average molecular weight is 370 g/mol. The monoisotopic (exact) mass is 370 g/mol. The molecule has 2 aromatic carbocycles. The van der Waals surface area contributed by atoms with Gasteiger partial charge in [0, 0.05) is 12.6 Å². The zero-order chi connectivity index (χ0) is 20.1. The number of nitrogens with two attached hydrogens (primary N) is 1. The van der Waals surface area contributed by atoms with Gasteiger partial charge in [0.15, 0.2) is 0 Å². The second-order valence-corrected chi connectivity index (χ2v) is 7.07. The van der Waals surface area contributed by atoms with Crippen LogP contribution in [0.5, 0.6) is 0 Å². The minimum absolute atomic E-state index is 0.200. The molecule has 2 rings (SSSR count). The molecule has 0 saturated carbocycles. The Labute approximate surface area is 159 Å². The highest BCUT2D eigenvalue weighted by Gasteiger charge is 2.30. The minimum Gasteiger partial charge on any atom is -0.390 e. The summed E-state index contributed by atoms with van der Waals surface area (Å²) in [5.41, 5.74) is 6.33. The first kappa shape index (κ1) is 20.6. The number of amides is 1. The van der Waals surface area contributed by atoms with E-state index in [2.05, 4.69) is 0 Å². The molecule has 2 N–H and O–H groups in total. The third kappa shape index (κ3) is 5.14. The zero-order valence-corrected chi connectivity index (χ0v) is 16.1. The molecule has 0 aliphatic carbocycles. The van der Waals surface area contributed by atoms with Crippen LogP contribution in [0.4, 0.5) is 5.69 Å². The Bertz CT molecular complexity index is 847. The summed E-state index contributed by atoms with van der Waals surface area (Å²) in [6, 6.07) is 11.4. The molecule has 0 unspecified atom stereocenters. The average Bonchev–Trinajstić information content (AvgIpc) is 2.60. The Balaban J connectivity index is 2.20. The van der Waals surface area contributed by atoms with E-state index in [4.69, 9.17) is 10.5 Å². The number of esters is 2. The van der Waals surface area contributed by atoms with Crippen LogP contribution in [-0.2, 0) is 19.1 Å². The van der Waals surface area contributed by atoms with Crippen LogP contribution in [0.15, 0.2) is 42.5 Å². The molecule has 144 valence electrons. The van der Waals surface area contributed by atoms with E-state index in [1.807, 2.05) is 50.2 Å². The van der Waals surface area contributed by atoms with Gasteiger partial charge in [-0.15, -0.1) is 0 Å². The lowest BCUT2D eigenvalue weighted by Crippen LogP contribution is -2.45. The van der Waals surface area contributed by atoms with Crippen molar-refractivity contribution in [1.82, 2.24) is 0 Å². The van der Waals surface area contributed by atoms with E-state index in [-0.39, 0.29) is 11.8 Å². The summed E-state index contributed by atoms with van der Waals surface area (Å²) in [6.45, 7) is 6.75. The van der Waals surface area contributed by atoms with Crippen molar-refractivity contribution in [3.63, 3.8) is 0 Å². The lowest BCUT2D eigenvalue weighted by molar-refractivity contribution is -0.162. The molecule has 0 fully saturated rings. The normalized spacial score (nSPS) is 13.3. The van der Waals surface area contributed by atoms with Crippen molar-refractivity contribution in [3.05, 3.63) is 42.5 Å². The molecule has 0 heterocycles. The van der Waals surface area contributed by atoms with Gasteiger partial charge >= 0.3 is 11.9 Å². The Hall–Kier alpha value is -2.73. The molecule has 1 amide bonds. The van der Waals surface area contributed by atoms with Gasteiger partial charge in [-0.25, -0.2) is 9.59 Å². The molecule has 0 spiro atoms. The highest BCUT2D eigenvalue weighted by molar-refractivity contribution is 6.02. The van der Waals surface area contributed by atoms with Gasteiger partial charge in [0.25, 0.3) is 0 Å². The standard InChI is InChI=1S/C21H26N2O4/c1-13(2)11-19(22)21(26)27-20(25)14(3)23(15(4)24)18-10-9-16-7-5-6-8-17(16)12-18/h5-10,12-14,19H,11,22H2,1-4H3/t14-,19-/m0/s1. The van der Waals surface area contributed by atoms with Crippen LogP contribution in [0.3, 0.4) is 0 Å². The van der Waals surface area contributed by atoms with E-state index in [0.29, 0.717) is 12.1 Å². The zero-order valence-electron chi connectivity index (χ0n) is 16.1. The van der Waals surface area contributed by atoms with Gasteiger partial charge in [-0.1, -0.05) is 44.2 Å². The van der Waals surface area contributed by atoms with Crippen LogP contribution < -0.4 is 10.6 Å². The maximum absolute atomic E-state index is 12.4. The van der Waals surface area contributed by atoms with Crippen LogP contribution in [0.1, 0.15) is 34.1 Å². The van der Waals surface area contributed by atoms with Gasteiger partial charge in [0.2, 0.25) is 5.91 Å². The van der Waals surface area contributed by atoms with Crippen molar-refractivity contribution < 1.29 is 19.1 Å². The minimum atomic E-state index is -0.959. The summed E-state index contributed by atoms with van der Waals surface area (Å²) < 4.78 is 4.92. The molecule has 0 aliphatic heterocycles. The Morgan fingerprint density at radius 3 is 2.22 bits per heavy atom. The molecule has 0 bridgehead atoms. The number of carbonyl (C=O) groups excluding carboxylic acids is 3. The lowest BCUT2D eigenvalue weighted by Gasteiger charge is -2.27. The Morgan fingerprint density at radius 2 is 1.63 bits per heavy atom. The predicted molar refractivity (Wildman–Crippen MR) is 105 cm³/mol. The summed E-state index contributed by atoms with van der Waals surface area (Å²) >= 11 is 0. The second-order valence-electron chi connectivity index (χ2n) is 7.07. The van der Waals surface area contributed by atoms with Crippen LogP contribution in [0, 0.1) is 5.92 Å². The molecular formula is C21H26N2O4. The maximum atomic E-state index is 12.4. The topological polar surface area (TPSA) is 89.7 Å². The summed E-state index contributed by atoms with van der Waals surface area (Å²) in [7, 11) is 0. The summed E-state index contributed by atoms with van der Waals surface area (Å²) in [4.78, 5) is 38.0. The van der Waals surface area contributed by atoms with Crippen LogP contribution in [0.25, 0.3) is 10.8 Å². The maximum Gasteiger partial charge on any atom is 0.336 e. The summed E-state index contributed by atoms with van der Waals surface area (Å²) in [5.74, 6) is -1.70. The smallest absolute Gasteiger partial charge is 0.336 e. The van der Waals surface area contributed by atoms with Crippen molar-refractivity contribution in [3.8, 4) is 0 Å². The number of anilines is 1. The fraction of sp³-hybridized carbons (Fsp3) is 0.381. The summed E-state index contributed by atoms with van der Waals surface area (Å²) in [5, 5.41) is 1.96. The predicted octanol–water partition coefficient (Wildman–Crippen LogP) is 3.02. The number of hydrogen-bond acceptors (Lipinski definition) is 5. The van der Waals surface area contributed by atoms with Gasteiger partial charge < -0.3 is 10.5 Å². The third-order valence-electron chi connectivity index (χ3n) is 4.31. The molecule has 0 radical (unpaired) electrons. The quantitative estimate of drug-likeness (QED) is 0.623. The summed E-state index contributed by atoms with van der Waals surface area (Å²) in [6.07, 6.45) is 0.418. The van der Waals surface area contributed by atoms with Crippen LogP contribution in [0.2, 0.25) is 0 Å². The van der Waals surface area contributed by atoms with Gasteiger partial charge in [-0.3, -0.25) is 9.69 Å². The van der Waals surface area contributed by atoms with Crippen molar-refractivity contribution in [2.75, 3.05) is 4.90 Å². The van der Waals surface area contributed by atoms with Crippen molar-refractivity contribution in [1.29, 1.82) is 0 Å². The van der Waals surface area contributed by atoms with E-state index in [0.717, 1.165) is 10.8 Å². The third-order valence-corrected chi connectivity index (χ3v) is 4.31. The molecule has 0 aliphatic rings. The SMILES string of the molecule is CC(=O)N(c1ccc2ccccc2c1)[C@@H](C)C(=O)OC(=O)[C@@H](N)CC(C)C. The van der Waals surface area contributed by atoms with Crippen LogP contribution >= 0.6 is 0 Å². The molecule has 27 heavy (non-hydrogen) atoms. The fourth-order valence-corrected chi connectivity index (χ4v) is 2.97. The largest absolute Gasteiger partial charge is 0.390 e.